The molecule has 0 amide bonds. The number of anilines is 1. The lowest BCUT2D eigenvalue weighted by molar-refractivity contribution is 0.737. The standard InChI is InChI=1S/C15H20N2O/c1-2-3-5-11-8-9-14(17-18)15(11)12-6-4-7-13(16)10-12/h4,6-7,10,14H,2-3,5,8-9,16H2,1H3. The van der Waals surface area contributed by atoms with Gasteiger partial charge in [-0.1, -0.05) is 36.2 Å². The molecule has 0 fully saturated rings. The lowest BCUT2D eigenvalue weighted by atomic mass is 9.96. The number of hydrogen-bond acceptors (Lipinski definition) is 3. The lowest BCUT2D eigenvalue weighted by Crippen LogP contribution is -2.02. The van der Waals surface area contributed by atoms with Gasteiger partial charge in [-0.05, 0) is 49.0 Å². The molecule has 0 heterocycles. The highest BCUT2D eigenvalue weighted by molar-refractivity contribution is 5.76. The summed E-state index contributed by atoms with van der Waals surface area (Å²) < 4.78 is 0. The molecule has 0 saturated heterocycles. The van der Waals surface area contributed by atoms with Crippen molar-refractivity contribution in [3.05, 3.63) is 40.3 Å². The van der Waals surface area contributed by atoms with Gasteiger partial charge in [-0.15, -0.1) is 0 Å². The Morgan fingerprint density at radius 2 is 2.28 bits per heavy atom. The summed E-state index contributed by atoms with van der Waals surface area (Å²) in [6.45, 7) is 2.19. The second-order valence-electron chi connectivity index (χ2n) is 4.91. The first-order chi connectivity index (χ1) is 8.76. The zero-order valence-corrected chi connectivity index (χ0v) is 10.9. The third-order valence-electron chi connectivity index (χ3n) is 3.59. The Bertz CT molecular complexity index is 465. The minimum Gasteiger partial charge on any atom is -0.399 e. The summed E-state index contributed by atoms with van der Waals surface area (Å²) in [6.07, 6.45) is 5.28. The van der Waals surface area contributed by atoms with Gasteiger partial charge in [0.15, 0.2) is 0 Å². The van der Waals surface area contributed by atoms with Gasteiger partial charge in [-0.3, -0.25) is 0 Å². The molecule has 18 heavy (non-hydrogen) atoms. The Labute approximate surface area is 108 Å². The second kappa shape index (κ2) is 5.80. The number of nitrogens with zero attached hydrogens (tertiary/aromatic N) is 1. The molecule has 0 bridgehead atoms. The van der Waals surface area contributed by atoms with Crippen molar-refractivity contribution in [1.82, 2.24) is 0 Å². The summed E-state index contributed by atoms with van der Waals surface area (Å²) >= 11 is 0. The van der Waals surface area contributed by atoms with Gasteiger partial charge in [-0.2, -0.15) is 4.91 Å². The van der Waals surface area contributed by atoms with E-state index in [1.54, 1.807) is 0 Å². The van der Waals surface area contributed by atoms with Crippen LogP contribution in [0.15, 0.2) is 35.0 Å². The van der Waals surface area contributed by atoms with Crippen LogP contribution in [0.2, 0.25) is 0 Å². The van der Waals surface area contributed by atoms with Gasteiger partial charge in [0.05, 0.1) is 0 Å². The number of allylic oxidation sites excluding steroid dienone is 1. The molecule has 3 heteroatoms. The predicted octanol–water partition coefficient (Wildman–Crippen LogP) is 4.14. The summed E-state index contributed by atoms with van der Waals surface area (Å²) in [5.74, 6) is 0. The van der Waals surface area contributed by atoms with Gasteiger partial charge in [-0.25, -0.2) is 0 Å². The van der Waals surface area contributed by atoms with Crippen LogP contribution in [0.25, 0.3) is 5.57 Å². The van der Waals surface area contributed by atoms with E-state index in [0.29, 0.717) is 0 Å². The van der Waals surface area contributed by atoms with E-state index in [4.69, 9.17) is 5.73 Å². The summed E-state index contributed by atoms with van der Waals surface area (Å²) in [4.78, 5) is 11.0. The smallest absolute Gasteiger partial charge is 0.118 e. The van der Waals surface area contributed by atoms with E-state index in [9.17, 15) is 4.91 Å². The van der Waals surface area contributed by atoms with Crippen molar-refractivity contribution in [1.29, 1.82) is 0 Å². The molecule has 2 rings (SSSR count). The van der Waals surface area contributed by atoms with Gasteiger partial charge in [0.2, 0.25) is 0 Å². The van der Waals surface area contributed by atoms with Gasteiger partial charge >= 0.3 is 0 Å². The van der Waals surface area contributed by atoms with Crippen LogP contribution in [0, 0.1) is 4.91 Å². The predicted molar refractivity (Wildman–Crippen MR) is 76.1 cm³/mol. The molecule has 1 atom stereocenters. The van der Waals surface area contributed by atoms with E-state index in [2.05, 4.69) is 12.1 Å². The van der Waals surface area contributed by atoms with Crippen LogP contribution in [0.3, 0.4) is 0 Å². The van der Waals surface area contributed by atoms with Crippen molar-refractivity contribution in [3.63, 3.8) is 0 Å². The molecule has 1 aliphatic rings. The third-order valence-corrected chi connectivity index (χ3v) is 3.59. The van der Waals surface area contributed by atoms with Crippen molar-refractivity contribution >= 4 is 11.3 Å². The Morgan fingerprint density at radius 3 is 2.94 bits per heavy atom. The molecule has 1 aromatic rings. The average molecular weight is 244 g/mol. The van der Waals surface area contributed by atoms with Gasteiger partial charge < -0.3 is 5.73 Å². The molecule has 3 nitrogen and oxygen atoms in total. The highest BCUT2D eigenvalue weighted by Crippen LogP contribution is 2.38. The van der Waals surface area contributed by atoms with E-state index in [-0.39, 0.29) is 6.04 Å². The SMILES string of the molecule is CCCCC1=C(c2cccc(N)c2)C(N=O)CC1. The molecular weight excluding hydrogens is 224 g/mol. The lowest BCUT2D eigenvalue weighted by Gasteiger charge is -2.11. The first-order valence-electron chi connectivity index (χ1n) is 6.66. The number of nitrogens with two attached hydrogens (primary N) is 1. The minimum absolute atomic E-state index is 0.182. The quantitative estimate of drug-likeness (QED) is 0.625. The fourth-order valence-corrected chi connectivity index (χ4v) is 2.68. The summed E-state index contributed by atoms with van der Waals surface area (Å²) in [5.41, 5.74) is 10.2. The number of unbranched alkanes of at least 4 members (excludes halogenated alkanes) is 1. The zero-order chi connectivity index (χ0) is 13.0. The van der Waals surface area contributed by atoms with Crippen molar-refractivity contribution in [3.8, 4) is 0 Å². The number of benzene rings is 1. The Hall–Kier alpha value is -1.64. The summed E-state index contributed by atoms with van der Waals surface area (Å²) in [6, 6.07) is 7.61. The maximum atomic E-state index is 11.0. The maximum Gasteiger partial charge on any atom is 0.118 e. The first-order valence-corrected chi connectivity index (χ1v) is 6.66. The normalized spacial score (nSPS) is 19.3. The number of rotatable bonds is 5. The van der Waals surface area contributed by atoms with Crippen LogP contribution in [0.1, 0.15) is 44.6 Å². The molecular formula is C15H20N2O. The van der Waals surface area contributed by atoms with Crippen LogP contribution in [0.4, 0.5) is 5.69 Å². The van der Waals surface area contributed by atoms with E-state index in [1.165, 1.54) is 18.4 Å². The van der Waals surface area contributed by atoms with Gasteiger partial charge in [0, 0.05) is 5.69 Å². The van der Waals surface area contributed by atoms with Crippen molar-refractivity contribution in [2.45, 2.75) is 45.1 Å². The summed E-state index contributed by atoms with van der Waals surface area (Å²) in [5, 5.41) is 3.28. The van der Waals surface area contributed by atoms with Crippen LogP contribution in [0.5, 0.6) is 0 Å². The Morgan fingerprint density at radius 1 is 1.44 bits per heavy atom. The van der Waals surface area contributed by atoms with Crippen LogP contribution < -0.4 is 5.73 Å². The topological polar surface area (TPSA) is 55.4 Å². The molecule has 0 aromatic heterocycles. The van der Waals surface area contributed by atoms with E-state index in [1.807, 2.05) is 24.3 Å². The number of hydrogen-bond donors (Lipinski definition) is 1. The molecule has 0 radical (unpaired) electrons. The van der Waals surface area contributed by atoms with Crippen molar-refractivity contribution in [2.24, 2.45) is 5.18 Å². The zero-order valence-electron chi connectivity index (χ0n) is 10.9. The van der Waals surface area contributed by atoms with Crippen molar-refractivity contribution in [2.75, 3.05) is 5.73 Å². The number of nitrogen functional groups attached to an aromatic ring is 1. The Balaban J connectivity index is 2.36. The minimum atomic E-state index is -0.182. The third kappa shape index (κ3) is 2.61. The van der Waals surface area contributed by atoms with E-state index < -0.39 is 0 Å². The van der Waals surface area contributed by atoms with E-state index in [0.717, 1.165) is 36.1 Å². The van der Waals surface area contributed by atoms with Crippen LogP contribution in [-0.2, 0) is 0 Å². The molecule has 1 unspecified atom stereocenters. The molecule has 0 saturated carbocycles. The second-order valence-corrected chi connectivity index (χ2v) is 4.91. The molecule has 96 valence electrons. The van der Waals surface area contributed by atoms with Gasteiger partial charge in [0.1, 0.15) is 6.04 Å². The monoisotopic (exact) mass is 244 g/mol. The first kappa shape index (κ1) is 12.8. The van der Waals surface area contributed by atoms with Crippen molar-refractivity contribution < 1.29 is 0 Å². The molecule has 1 aliphatic carbocycles. The highest BCUT2D eigenvalue weighted by Gasteiger charge is 2.27. The van der Waals surface area contributed by atoms with Crippen LogP contribution >= 0.6 is 0 Å². The van der Waals surface area contributed by atoms with E-state index >= 15 is 0 Å². The van der Waals surface area contributed by atoms with Gasteiger partial charge in [0.25, 0.3) is 0 Å². The average Bonchev–Trinajstić information content (AvgIpc) is 2.79. The molecule has 0 aliphatic heterocycles. The number of nitroso groups, excluding NO2 is 1. The largest absolute Gasteiger partial charge is 0.399 e. The molecule has 2 N–H and O–H groups in total. The summed E-state index contributed by atoms with van der Waals surface area (Å²) in [7, 11) is 0. The molecule has 1 aromatic carbocycles. The molecule has 0 spiro atoms. The van der Waals surface area contributed by atoms with Crippen LogP contribution in [-0.4, -0.2) is 6.04 Å². The fourth-order valence-electron chi connectivity index (χ4n) is 2.68. The maximum absolute atomic E-state index is 11.0. The fraction of sp³-hybridized carbons (Fsp3) is 0.467. The highest BCUT2D eigenvalue weighted by atomic mass is 16.3. The Kier molecular flexibility index (Phi) is 4.13.